The predicted octanol–water partition coefficient (Wildman–Crippen LogP) is 6.53. The highest BCUT2D eigenvalue weighted by Gasteiger charge is 2.38. The zero-order valence-corrected chi connectivity index (χ0v) is 17.0. The largest absolute Gasteiger partial charge is 0.418 e. The molecule has 3 aromatic rings. The first-order valence-corrected chi connectivity index (χ1v) is 9.59. The maximum atomic E-state index is 13.5. The summed E-state index contributed by atoms with van der Waals surface area (Å²) in [5.74, 6) is 0.138. The topological polar surface area (TPSA) is 62.7 Å². The molecule has 1 aromatic carbocycles. The third-order valence-electron chi connectivity index (χ3n) is 4.59. The minimum absolute atomic E-state index is 0.0186. The van der Waals surface area contributed by atoms with Crippen LogP contribution >= 0.6 is 0 Å². The fourth-order valence-electron chi connectivity index (χ4n) is 2.76. The van der Waals surface area contributed by atoms with E-state index in [0.717, 1.165) is 12.5 Å². The van der Waals surface area contributed by atoms with Gasteiger partial charge in [0.05, 0.1) is 22.5 Å². The number of hydrogen-bond acceptors (Lipinski definition) is 5. The second-order valence-corrected chi connectivity index (χ2v) is 7.04. The van der Waals surface area contributed by atoms with Crippen LogP contribution < -0.4 is 10.6 Å². The van der Waals surface area contributed by atoms with Crippen molar-refractivity contribution < 1.29 is 26.3 Å². The van der Waals surface area contributed by atoms with Crippen LogP contribution in [0.2, 0.25) is 0 Å². The lowest BCUT2D eigenvalue weighted by molar-refractivity contribution is -0.142. The zero-order chi connectivity index (χ0) is 23.5. The van der Waals surface area contributed by atoms with Gasteiger partial charge in [-0.25, -0.2) is 4.98 Å². The van der Waals surface area contributed by atoms with Crippen LogP contribution in [0.4, 0.5) is 43.8 Å². The molecular weight excluding hydrogens is 436 g/mol. The number of halogens is 6. The molecule has 3 rings (SSSR count). The minimum atomic E-state index is -5.01. The molecule has 2 heterocycles. The predicted molar refractivity (Wildman–Crippen MR) is 108 cm³/mol. The van der Waals surface area contributed by atoms with Crippen molar-refractivity contribution in [3.8, 4) is 11.3 Å². The first kappa shape index (κ1) is 23.3. The summed E-state index contributed by atoms with van der Waals surface area (Å²) >= 11 is 0. The molecule has 0 amide bonds. The molecule has 11 heteroatoms. The van der Waals surface area contributed by atoms with E-state index in [0.29, 0.717) is 17.3 Å². The number of nitrogens with one attached hydrogen (secondary N) is 2. The number of benzene rings is 1. The van der Waals surface area contributed by atoms with Crippen molar-refractivity contribution in [1.29, 1.82) is 0 Å². The lowest BCUT2D eigenvalue weighted by Crippen LogP contribution is -2.17. The molecule has 32 heavy (non-hydrogen) atoms. The smallest absolute Gasteiger partial charge is 0.352 e. The Morgan fingerprint density at radius 3 is 2.31 bits per heavy atom. The number of hydrogen-bond donors (Lipinski definition) is 2. The molecule has 0 spiro atoms. The summed E-state index contributed by atoms with van der Waals surface area (Å²) in [6.45, 7) is 3.81. The van der Waals surface area contributed by atoms with Crippen LogP contribution in [0.3, 0.4) is 0 Å². The van der Waals surface area contributed by atoms with Gasteiger partial charge in [0.1, 0.15) is 5.82 Å². The lowest BCUT2D eigenvalue weighted by Gasteiger charge is -2.18. The van der Waals surface area contributed by atoms with Crippen LogP contribution in [0.5, 0.6) is 0 Å². The van der Waals surface area contributed by atoms with Crippen molar-refractivity contribution in [3.63, 3.8) is 0 Å². The lowest BCUT2D eigenvalue weighted by atomic mass is 10.1. The number of rotatable bonds is 6. The molecule has 0 radical (unpaired) electrons. The van der Waals surface area contributed by atoms with Gasteiger partial charge in [0.25, 0.3) is 0 Å². The molecule has 5 nitrogen and oxygen atoms in total. The van der Waals surface area contributed by atoms with E-state index in [1.165, 1.54) is 12.3 Å². The Morgan fingerprint density at radius 1 is 0.969 bits per heavy atom. The summed E-state index contributed by atoms with van der Waals surface area (Å²) in [4.78, 5) is 12.6. The first-order chi connectivity index (χ1) is 15.0. The van der Waals surface area contributed by atoms with Crippen LogP contribution in [0, 0.1) is 0 Å². The molecule has 2 aromatic heterocycles. The van der Waals surface area contributed by atoms with Gasteiger partial charge in [-0.2, -0.15) is 31.3 Å². The van der Waals surface area contributed by atoms with E-state index in [-0.39, 0.29) is 23.9 Å². The Kier molecular flexibility index (Phi) is 6.56. The average Bonchev–Trinajstić information content (AvgIpc) is 2.73. The molecular formula is C21H19F6N5. The zero-order valence-electron chi connectivity index (χ0n) is 17.0. The third-order valence-corrected chi connectivity index (χ3v) is 4.59. The Morgan fingerprint density at radius 2 is 1.72 bits per heavy atom. The van der Waals surface area contributed by atoms with E-state index in [1.54, 1.807) is 18.3 Å². The normalized spacial score (nSPS) is 13.0. The van der Waals surface area contributed by atoms with Gasteiger partial charge in [0, 0.05) is 30.1 Å². The fourth-order valence-corrected chi connectivity index (χ4v) is 2.76. The van der Waals surface area contributed by atoms with Gasteiger partial charge in [-0.05, 0) is 43.7 Å². The van der Waals surface area contributed by atoms with Crippen LogP contribution in [0.25, 0.3) is 11.3 Å². The summed E-state index contributed by atoms with van der Waals surface area (Å²) in [5, 5.41) is 5.55. The van der Waals surface area contributed by atoms with E-state index in [2.05, 4.69) is 25.6 Å². The van der Waals surface area contributed by atoms with Gasteiger partial charge in [0.2, 0.25) is 5.95 Å². The number of anilines is 3. The Bertz CT molecular complexity index is 1070. The molecule has 0 bridgehead atoms. The van der Waals surface area contributed by atoms with Crippen molar-refractivity contribution in [2.24, 2.45) is 0 Å². The monoisotopic (exact) mass is 455 g/mol. The molecule has 0 unspecified atom stereocenters. The summed E-state index contributed by atoms with van der Waals surface area (Å²) in [5.41, 5.74) is -2.44. The van der Waals surface area contributed by atoms with E-state index in [9.17, 15) is 26.3 Å². The van der Waals surface area contributed by atoms with Crippen LogP contribution in [0.1, 0.15) is 31.4 Å². The van der Waals surface area contributed by atoms with Crippen molar-refractivity contribution in [2.75, 3.05) is 10.6 Å². The highest BCUT2D eigenvalue weighted by atomic mass is 19.4. The van der Waals surface area contributed by atoms with Gasteiger partial charge < -0.3 is 10.6 Å². The SMILES string of the molecule is CC[C@H](C)Nc1nc(Nc2ccc(C(F)(F)F)cc2C(F)(F)F)cc(-c2cccnc2)n1. The van der Waals surface area contributed by atoms with Gasteiger partial charge in [-0.15, -0.1) is 0 Å². The molecule has 170 valence electrons. The second kappa shape index (κ2) is 9.01. The van der Waals surface area contributed by atoms with Crippen molar-refractivity contribution >= 4 is 17.5 Å². The summed E-state index contributed by atoms with van der Waals surface area (Å²) in [7, 11) is 0. The molecule has 0 aliphatic heterocycles. The minimum Gasteiger partial charge on any atom is -0.352 e. The van der Waals surface area contributed by atoms with Crippen molar-refractivity contribution in [3.05, 3.63) is 59.9 Å². The first-order valence-electron chi connectivity index (χ1n) is 9.59. The van der Waals surface area contributed by atoms with Gasteiger partial charge >= 0.3 is 12.4 Å². The molecule has 2 N–H and O–H groups in total. The summed E-state index contributed by atoms with van der Waals surface area (Å²) < 4.78 is 79.3. The molecule has 0 saturated carbocycles. The van der Waals surface area contributed by atoms with Gasteiger partial charge in [-0.3, -0.25) is 4.98 Å². The number of pyridine rings is 1. The Hall–Kier alpha value is -3.37. The van der Waals surface area contributed by atoms with Crippen LogP contribution in [0.15, 0.2) is 48.8 Å². The maximum Gasteiger partial charge on any atom is 0.418 e. The summed E-state index contributed by atoms with van der Waals surface area (Å²) in [6.07, 6.45) is -6.10. The van der Waals surface area contributed by atoms with E-state index >= 15 is 0 Å². The van der Waals surface area contributed by atoms with Crippen molar-refractivity contribution in [2.45, 2.75) is 38.7 Å². The van der Waals surface area contributed by atoms with E-state index in [4.69, 9.17) is 0 Å². The molecule has 0 aliphatic carbocycles. The number of alkyl halides is 6. The van der Waals surface area contributed by atoms with Gasteiger partial charge in [0.15, 0.2) is 0 Å². The van der Waals surface area contributed by atoms with Crippen LogP contribution in [-0.2, 0) is 12.4 Å². The number of aromatic nitrogens is 3. The summed E-state index contributed by atoms with van der Waals surface area (Å²) in [6, 6.07) is 6.15. The quantitative estimate of drug-likeness (QED) is 0.414. The van der Waals surface area contributed by atoms with Gasteiger partial charge in [-0.1, -0.05) is 6.92 Å². The molecule has 1 atom stereocenters. The van der Waals surface area contributed by atoms with Crippen LogP contribution in [-0.4, -0.2) is 21.0 Å². The molecule has 0 saturated heterocycles. The third kappa shape index (κ3) is 5.65. The number of nitrogens with zero attached hydrogens (tertiary/aromatic N) is 3. The van der Waals surface area contributed by atoms with Crippen molar-refractivity contribution in [1.82, 2.24) is 15.0 Å². The standard InChI is InChI=1S/C21H19F6N5/c1-3-12(2)29-19-31-17(13-5-4-8-28-11-13)10-18(32-19)30-16-7-6-14(20(22,23)24)9-15(16)21(25,26)27/h4-12H,3H2,1-2H3,(H2,29,30,31,32)/t12-/m0/s1. The van der Waals surface area contributed by atoms with E-state index in [1.807, 2.05) is 13.8 Å². The average molecular weight is 455 g/mol. The molecule has 0 aliphatic rings. The fraction of sp³-hybridized carbons (Fsp3) is 0.286. The second-order valence-electron chi connectivity index (χ2n) is 7.04. The Labute approximate surface area is 179 Å². The maximum absolute atomic E-state index is 13.5. The Balaban J connectivity index is 2.07. The molecule has 0 fully saturated rings. The highest BCUT2D eigenvalue weighted by Crippen LogP contribution is 2.40. The highest BCUT2D eigenvalue weighted by molar-refractivity contribution is 5.69. The van der Waals surface area contributed by atoms with E-state index < -0.39 is 29.2 Å².